The molecule has 2 rings (SSSR count). The number of aromatic amines is 1. The van der Waals surface area contributed by atoms with Crippen molar-refractivity contribution in [2.75, 3.05) is 23.8 Å². The van der Waals surface area contributed by atoms with Crippen molar-refractivity contribution in [3.05, 3.63) is 35.9 Å². The third-order valence-corrected chi connectivity index (χ3v) is 2.39. The molecule has 0 bridgehead atoms. The molecule has 0 spiro atoms. The second kappa shape index (κ2) is 6.02. The average molecular weight is 247 g/mol. The van der Waals surface area contributed by atoms with Gasteiger partial charge in [0.15, 0.2) is 0 Å². The number of nitrogens with one attached hydrogen (secondary N) is 3. The molecule has 2 aromatic rings. The Kier molecular flexibility index (Phi) is 4.14. The van der Waals surface area contributed by atoms with Crippen LogP contribution < -0.4 is 10.6 Å². The molecule has 0 aliphatic rings. The van der Waals surface area contributed by atoms with E-state index in [0.29, 0.717) is 24.7 Å². The van der Waals surface area contributed by atoms with Crippen molar-refractivity contribution in [3.8, 4) is 0 Å². The molecular formula is C12H17N5O. The highest BCUT2D eigenvalue weighted by Crippen LogP contribution is 2.12. The molecule has 18 heavy (non-hydrogen) atoms. The van der Waals surface area contributed by atoms with Crippen LogP contribution in [0.2, 0.25) is 0 Å². The first-order valence-electron chi connectivity index (χ1n) is 5.84. The van der Waals surface area contributed by atoms with Crippen LogP contribution in [0.15, 0.2) is 24.5 Å². The fourth-order valence-electron chi connectivity index (χ4n) is 1.59. The van der Waals surface area contributed by atoms with Crippen molar-refractivity contribution >= 4 is 11.6 Å². The summed E-state index contributed by atoms with van der Waals surface area (Å²) in [6, 6.07) is 3.83. The molecule has 0 fully saturated rings. The molecule has 0 unspecified atom stereocenters. The lowest BCUT2D eigenvalue weighted by molar-refractivity contribution is 0.311. The third-order valence-electron chi connectivity index (χ3n) is 2.39. The van der Waals surface area contributed by atoms with Gasteiger partial charge in [0, 0.05) is 31.5 Å². The van der Waals surface area contributed by atoms with Crippen molar-refractivity contribution in [2.45, 2.75) is 13.5 Å². The minimum absolute atomic E-state index is 0.0785. The molecule has 0 atom stereocenters. The Balaban J connectivity index is 2.00. The molecule has 0 aromatic carbocycles. The largest absolute Gasteiger partial charge is 0.395 e. The van der Waals surface area contributed by atoms with E-state index in [4.69, 9.17) is 5.11 Å². The maximum atomic E-state index is 8.77. The van der Waals surface area contributed by atoms with E-state index >= 15 is 0 Å². The lowest BCUT2D eigenvalue weighted by Crippen LogP contribution is -2.09. The van der Waals surface area contributed by atoms with Crippen LogP contribution in [0.1, 0.15) is 11.4 Å². The fraction of sp³-hybridized carbons (Fsp3) is 0.333. The van der Waals surface area contributed by atoms with Crippen LogP contribution in [0.5, 0.6) is 0 Å². The van der Waals surface area contributed by atoms with Crippen molar-refractivity contribution in [1.29, 1.82) is 0 Å². The van der Waals surface area contributed by atoms with Gasteiger partial charge in [-0.15, -0.1) is 0 Å². The highest BCUT2D eigenvalue weighted by Gasteiger charge is 2.01. The van der Waals surface area contributed by atoms with E-state index in [-0.39, 0.29) is 6.61 Å². The van der Waals surface area contributed by atoms with Gasteiger partial charge in [-0.2, -0.15) is 0 Å². The molecule has 6 heteroatoms. The lowest BCUT2D eigenvalue weighted by Gasteiger charge is -2.08. The molecule has 4 N–H and O–H groups in total. The van der Waals surface area contributed by atoms with Gasteiger partial charge in [-0.3, -0.25) is 0 Å². The number of aliphatic hydroxyl groups is 1. The number of hydrogen-bond donors (Lipinski definition) is 4. The van der Waals surface area contributed by atoms with Gasteiger partial charge in [-0.05, 0) is 18.6 Å². The monoisotopic (exact) mass is 247 g/mol. The molecule has 2 aromatic heterocycles. The summed E-state index contributed by atoms with van der Waals surface area (Å²) in [5.74, 6) is 2.17. The van der Waals surface area contributed by atoms with Crippen LogP contribution in [0.4, 0.5) is 11.6 Å². The first kappa shape index (κ1) is 12.4. The van der Waals surface area contributed by atoms with E-state index in [9.17, 15) is 0 Å². The van der Waals surface area contributed by atoms with Crippen LogP contribution in [0, 0.1) is 6.92 Å². The molecule has 0 radical (unpaired) electrons. The van der Waals surface area contributed by atoms with Crippen molar-refractivity contribution < 1.29 is 5.11 Å². The Labute approximate surface area is 105 Å². The average Bonchev–Trinajstić information content (AvgIpc) is 2.86. The van der Waals surface area contributed by atoms with E-state index in [0.717, 1.165) is 11.4 Å². The van der Waals surface area contributed by atoms with Gasteiger partial charge in [-0.1, -0.05) is 0 Å². The summed E-state index contributed by atoms with van der Waals surface area (Å²) in [5, 5.41) is 15.0. The second-order valence-electron chi connectivity index (χ2n) is 3.91. The summed E-state index contributed by atoms with van der Waals surface area (Å²) in [6.45, 7) is 3.11. The smallest absolute Gasteiger partial charge is 0.132 e. The summed E-state index contributed by atoms with van der Waals surface area (Å²) < 4.78 is 0. The van der Waals surface area contributed by atoms with Gasteiger partial charge in [-0.25, -0.2) is 9.97 Å². The number of anilines is 2. The Morgan fingerprint density at radius 3 is 2.72 bits per heavy atom. The van der Waals surface area contributed by atoms with E-state index in [1.807, 2.05) is 31.5 Å². The minimum Gasteiger partial charge on any atom is -0.395 e. The molecule has 0 aliphatic carbocycles. The lowest BCUT2D eigenvalue weighted by atomic mass is 10.3. The summed E-state index contributed by atoms with van der Waals surface area (Å²) in [7, 11) is 0. The van der Waals surface area contributed by atoms with Gasteiger partial charge < -0.3 is 20.7 Å². The number of H-pyrrole nitrogens is 1. The molecular weight excluding hydrogens is 230 g/mol. The standard InChI is InChI=1S/C12H17N5O/c1-9-16-11(14-4-5-18)6-12(17-9)15-8-10-2-3-13-7-10/h2-3,6-7,13,18H,4-5,8H2,1H3,(H2,14,15,16,17). The number of aromatic nitrogens is 3. The van der Waals surface area contributed by atoms with Crippen LogP contribution in [0.3, 0.4) is 0 Å². The third kappa shape index (κ3) is 3.46. The molecule has 6 nitrogen and oxygen atoms in total. The summed E-state index contributed by atoms with van der Waals surface area (Å²) in [4.78, 5) is 11.5. The Bertz CT molecular complexity index is 483. The number of aliphatic hydroxyl groups excluding tert-OH is 1. The highest BCUT2D eigenvalue weighted by atomic mass is 16.3. The van der Waals surface area contributed by atoms with Crippen molar-refractivity contribution in [1.82, 2.24) is 15.0 Å². The van der Waals surface area contributed by atoms with E-state index in [1.54, 1.807) is 0 Å². The molecule has 0 amide bonds. The van der Waals surface area contributed by atoms with Gasteiger partial charge in [0.05, 0.1) is 6.61 Å². The number of nitrogens with zero attached hydrogens (tertiary/aromatic N) is 2. The van der Waals surface area contributed by atoms with Gasteiger partial charge in [0.1, 0.15) is 17.5 Å². The zero-order valence-electron chi connectivity index (χ0n) is 10.3. The van der Waals surface area contributed by atoms with Crippen molar-refractivity contribution in [2.24, 2.45) is 0 Å². The molecule has 2 heterocycles. The summed E-state index contributed by atoms with van der Waals surface area (Å²) in [5.41, 5.74) is 1.16. The normalized spacial score (nSPS) is 10.3. The number of aryl methyl sites for hydroxylation is 1. The zero-order valence-corrected chi connectivity index (χ0v) is 10.3. The molecule has 96 valence electrons. The first-order valence-corrected chi connectivity index (χ1v) is 5.84. The predicted molar refractivity (Wildman–Crippen MR) is 70.5 cm³/mol. The second-order valence-corrected chi connectivity index (χ2v) is 3.91. The molecule has 0 saturated carbocycles. The maximum Gasteiger partial charge on any atom is 0.132 e. The first-order chi connectivity index (χ1) is 8.78. The van der Waals surface area contributed by atoms with Crippen LogP contribution in [-0.2, 0) is 6.54 Å². The fourth-order valence-corrected chi connectivity index (χ4v) is 1.59. The van der Waals surface area contributed by atoms with E-state index in [1.165, 1.54) is 0 Å². The van der Waals surface area contributed by atoms with Gasteiger partial charge in [0.25, 0.3) is 0 Å². The molecule has 0 saturated heterocycles. The Hall–Kier alpha value is -2.08. The number of rotatable bonds is 6. The highest BCUT2D eigenvalue weighted by molar-refractivity contribution is 5.47. The van der Waals surface area contributed by atoms with Gasteiger partial charge >= 0.3 is 0 Å². The van der Waals surface area contributed by atoms with Crippen LogP contribution >= 0.6 is 0 Å². The van der Waals surface area contributed by atoms with Gasteiger partial charge in [0.2, 0.25) is 0 Å². The zero-order chi connectivity index (χ0) is 12.8. The minimum atomic E-state index is 0.0785. The summed E-state index contributed by atoms with van der Waals surface area (Å²) in [6.07, 6.45) is 3.82. The predicted octanol–water partition coefficient (Wildman–Crippen LogP) is 1.13. The SMILES string of the molecule is Cc1nc(NCCO)cc(NCc2cc[nH]c2)n1. The maximum absolute atomic E-state index is 8.77. The Morgan fingerprint density at radius 1 is 1.28 bits per heavy atom. The Morgan fingerprint density at radius 2 is 2.06 bits per heavy atom. The van der Waals surface area contributed by atoms with E-state index in [2.05, 4.69) is 25.6 Å². The van der Waals surface area contributed by atoms with Crippen LogP contribution in [0.25, 0.3) is 0 Å². The number of hydrogen-bond acceptors (Lipinski definition) is 5. The van der Waals surface area contributed by atoms with Crippen LogP contribution in [-0.4, -0.2) is 33.2 Å². The summed E-state index contributed by atoms with van der Waals surface area (Å²) >= 11 is 0. The quantitative estimate of drug-likeness (QED) is 0.615. The topological polar surface area (TPSA) is 85.9 Å². The van der Waals surface area contributed by atoms with E-state index < -0.39 is 0 Å². The van der Waals surface area contributed by atoms with Crippen molar-refractivity contribution in [3.63, 3.8) is 0 Å². The molecule has 0 aliphatic heterocycles.